The van der Waals surface area contributed by atoms with Crippen LogP contribution in [0.2, 0.25) is 5.02 Å². The third-order valence-electron chi connectivity index (χ3n) is 5.04. The highest BCUT2D eigenvalue weighted by Gasteiger charge is 2.46. The van der Waals surface area contributed by atoms with E-state index in [4.69, 9.17) is 11.6 Å². The summed E-state index contributed by atoms with van der Waals surface area (Å²) in [5.41, 5.74) is 1.25. The number of hydrogen-bond acceptors (Lipinski definition) is 3. The first-order valence-corrected chi connectivity index (χ1v) is 10.0. The fraction of sp³-hybridized carbons (Fsp3) is 0.304. The van der Waals surface area contributed by atoms with Crippen molar-refractivity contribution in [2.24, 2.45) is 0 Å². The zero-order chi connectivity index (χ0) is 20.1. The summed E-state index contributed by atoms with van der Waals surface area (Å²) < 4.78 is 0. The number of carbonyl (C=O) groups excluding carboxylic acids is 2. The van der Waals surface area contributed by atoms with E-state index in [1.54, 1.807) is 47.4 Å². The number of halogens is 1. The Labute approximate surface area is 170 Å². The highest BCUT2D eigenvalue weighted by Crippen LogP contribution is 2.41. The average molecular weight is 398 g/mol. The van der Waals surface area contributed by atoms with Crippen LogP contribution in [0.25, 0.3) is 5.76 Å². The van der Waals surface area contributed by atoms with Crippen LogP contribution < -0.4 is 0 Å². The molecule has 0 bridgehead atoms. The number of hydrogen-bond donors (Lipinski definition) is 1. The van der Waals surface area contributed by atoms with Crippen molar-refractivity contribution in [3.8, 4) is 0 Å². The maximum absolute atomic E-state index is 12.9. The van der Waals surface area contributed by atoms with E-state index in [1.807, 2.05) is 12.1 Å². The van der Waals surface area contributed by atoms with Gasteiger partial charge in [0.25, 0.3) is 11.7 Å². The van der Waals surface area contributed by atoms with Gasteiger partial charge in [-0.1, -0.05) is 86.3 Å². The van der Waals surface area contributed by atoms with Crippen LogP contribution in [0, 0.1) is 0 Å². The van der Waals surface area contributed by atoms with Crippen molar-refractivity contribution in [2.45, 2.75) is 38.6 Å². The van der Waals surface area contributed by atoms with E-state index in [0.29, 0.717) is 22.7 Å². The molecule has 0 saturated carbocycles. The molecular formula is C23H24ClNO3. The standard InChI is InChI=1S/C23H24ClNO3/c1-2-3-4-10-15-25-20(17-13-8-9-14-18(17)24)19(22(27)23(25)28)21(26)16-11-6-5-7-12-16/h5-9,11-14,20,26H,2-4,10,15H2,1H3/b21-19+. The Bertz CT molecular complexity index is 892. The van der Waals surface area contributed by atoms with E-state index in [0.717, 1.165) is 25.7 Å². The van der Waals surface area contributed by atoms with Crippen molar-refractivity contribution in [3.05, 3.63) is 76.3 Å². The maximum atomic E-state index is 12.9. The molecule has 1 saturated heterocycles. The van der Waals surface area contributed by atoms with Gasteiger partial charge in [-0.15, -0.1) is 0 Å². The molecule has 0 radical (unpaired) electrons. The van der Waals surface area contributed by atoms with Gasteiger partial charge in [0, 0.05) is 17.1 Å². The largest absolute Gasteiger partial charge is 0.507 e. The number of carbonyl (C=O) groups is 2. The summed E-state index contributed by atoms with van der Waals surface area (Å²) in [4.78, 5) is 27.2. The third kappa shape index (κ3) is 3.97. The molecule has 1 heterocycles. The summed E-state index contributed by atoms with van der Waals surface area (Å²) in [5.74, 6) is -1.42. The van der Waals surface area contributed by atoms with Gasteiger partial charge in [0.15, 0.2) is 0 Å². The molecule has 5 heteroatoms. The summed E-state index contributed by atoms with van der Waals surface area (Å²) in [6.07, 6.45) is 3.94. The van der Waals surface area contributed by atoms with E-state index in [1.165, 1.54) is 0 Å². The van der Waals surface area contributed by atoms with Crippen LogP contribution >= 0.6 is 11.6 Å². The maximum Gasteiger partial charge on any atom is 0.295 e. The topological polar surface area (TPSA) is 57.6 Å². The van der Waals surface area contributed by atoms with Crippen molar-refractivity contribution in [2.75, 3.05) is 6.54 Å². The second-order valence-electron chi connectivity index (χ2n) is 6.94. The van der Waals surface area contributed by atoms with Crippen molar-refractivity contribution >= 4 is 29.1 Å². The molecule has 146 valence electrons. The van der Waals surface area contributed by atoms with Crippen LogP contribution in [0.5, 0.6) is 0 Å². The molecule has 1 atom stereocenters. The van der Waals surface area contributed by atoms with Crippen molar-refractivity contribution in [3.63, 3.8) is 0 Å². The molecule has 1 N–H and O–H groups in total. The third-order valence-corrected chi connectivity index (χ3v) is 5.38. The quantitative estimate of drug-likeness (QED) is 0.297. The number of amides is 1. The Kier molecular flexibility index (Phi) is 6.53. The minimum atomic E-state index is -0.685. The summed E-state index contributed by atoms with van der Waals surface area (Å²) >= 11 is 6.41. The molecule has 3 rings (SSSR count). The van der Waals surface area contributed by atoms with E-state index in [2.05, 4.69) is 6.92 Å². The average Bonchev–Trinajstić information content (AvgIpc) is 2.96. The predicted octanol–water partition coefficient (Wildman–Crippen LogP) is 5.34. The first kappa shape index (κ1) is 20.2. The van der Waals surface area contributed by atoms with Crippen LogP contribution in [-0.2, 0) is 9.59 Å². The first-order valence-electron chi connectivity index (χ1n) is 9.64. The Hall–Kier alpha value is -2.59. The number of rotatable bonds is 7. The van der Waals surface area contributed by atoms with Crippen molar-refractivity contribution in [1.82, 2.24) is 4.90 Å². The molecule has 1 fully saturated rings. The van der Waals surface area contributed by atoms with Crippen LogP contribution in [0.1, 0.15) is 49.8 Å². The lowest BCUT2D eigenvalue weighted by atomic mass is 9.95. The number of likely N-dealkylation sites (tertiary alicyclic amines) is 1. The number of Topliss-reactive ketones (excluding diaryl/α,β-unsaturated/α-hetero) is 1. The Morgan fingerprint density at radius 1 is 1.00 bits per heavy atom. The molecule has 0 aliphatic carbocycles. The summed E-state index contributed by atoms with van der Waals surface area (Å²) in [6, 6.07) is 15.3. The monoisotopic (exact) mass is 397 g/mol. The second-order valence-corrected chi connectivity index (χ2v) is 7.35. The van der Waals surface area contributed by atoms with Crippen molar-refractivity contribution < 1.29 is 14.7 Å². The van der Waals surface area contributed by atoms with Gasteiger partial charge in [0.2, 0.25) is 0 Å². The van der Waals surface area contributed by atoms with Gasteiger partial charge in [0.1, 0.15) is 5.76 Å². The molecule has 2 aromatic rings. The molecule has 28 heavy (non-hydrogen) atoms. The van der Waals surface area contributed by atoms with E-state index >= 15 is 0 Å². The van der Waals surface area contributed by atoms with Crippen molar-refractivity contribution in [1.29, 1.82) is 0 Å². The lowest BCUT2D eigenvalue weighted by molar-refractivity contribution is -0.139. The summed E-state index contributed by atoms with van der Waals surface area (Å²) in [6.45, 7) is 2.57. The summed E-state index contributed by atoms with van der Waals surface area (Å²) in [5, 5.41) is 11.4. The zero-order valence-electron chi connectivity index (χ0n) is 15.9. The molecule has 1 unspecified atom stereocenters. The molecule has 1 amide bonds. The van der Waals surface area contributed by atoms with Gasteiger partial charge >= 0.3 is 0 Å². The van der Waals surface area contributed by atoms with E-state index in [9.17, 15) is 14.7 Å². The van der Waals surface area contributed by atoms with Gasteiger partial charge in [-0.25, -0.2) is 0 Å². The van der Waals surface area contributed by atoms with Gasteiger partial charge in [-0.3, -0.25) is 9.59 Å². The fourth-order valence-electron chi connectivity index (χ4n) is 3.59. The number of aliphatic hydroxyl groups is 1. The van der Waals surface area contributed by atoms with E-state index in [-0.39, 0.29) is 11.3 Å². The number of nitrogens with zero attached hydrogens (tertiary/aromatic N) is 1. The molecule has 1 aliphatic rings. The Morgan fingerprint density at radius 2 is 1.68 bits per heavy atom. The van der Waals surface area contributed by atoms with Crippen LogP contribution in [0.4, 0.5) is 0 Å². The molecule has 0 spiro atoms. The fourth-order valence-corrected chi connectivity index (χ4v) is 3.83. The number of ketones is 1. The number of benzene rings is 2. The van der Waals surface area contributed by atoms with Gasteiger partial charge in [-0.2, -0.15) is 0 Å². The van der Waals surface area contributed by atoms with E-state index < -0.39 is 17.7 Å². The van der Waals surface area contributed by atoms with Gasteiger partial charge in [-0.05, 0) is 18.1 Å². The predicted molar refractivity (Wildman–Crippen MR) is 111 cm³/mol. The smallest absolute Gasteiger partial charge is 0.295 e. The number of aliphatic hydroxyl groups excluding tert-OH is 1. The highest BCUT2D eigenvalue weighted by molar-refractivity contribution is 6.47. The lowest BCUT2D eigenvalue weighted by Crippen LogP contribution is -2.30. The van der Waals surface area contributed by atoms with Crippen LogP contribution in [-0.4, -0.2) is 28.2 Å². The van der Waals surface area contributed by atoms with Crippen LogP contribution in [0.3, 0.4) is 0 Å². The molecule has 0 aromatic heterocycles. The molecule has 2 aromatic carbocycles. The highest BCUT2D eigenvalue weighted by atomic mass is 35.5. The summed E-state index contributed by atoms with van der Waals surface area (Å²) in [7, 11) is 0. The molecule has 4 nitrogen and oxygen atoms in total. The molecule has 1 aliphatic heterocycles. The SMILES string of the molecule is CCCCCCN1C(=O)C(=O)/C(=C(/O)c2ccccc2)C1c1ccccc1Cl. The zero-order valence-corrected chi connectivity index (χ0v) is 16.7. The Balaban J connectivity index is 2.08. The van der Waals surface area contributed by atoms with Gasteiger partial charge in [0.05, 0.1) is 11.6 Å². The van der Waals surface area contributed by atoms with Crippen LogP contribution in [0.15, 0.2) is 60.2 Å². The second kappa shape index (κ2) is 9.07. The first-order chi connectivity index (χ1) is 13.6. The number of unbranched alkanes of at least 4 members (excludes halogenated alkanes) is 3. The molecular weight excluding hydrogens is 374 g/mol. The normalized spacial score (nSPS) is 18.6. The minimum absolute atomic E-state index is 0.0970. The Morgan fingerprint density at radius 3 is 2.36 bits per heavy atom. The van der Waals surface area contributed by atoms with Gasteiger partial charge < -0.3 is 10.0 Å². The lowest BCUT2D eigenvalue weighted by Gasteiger charge is -2.26. The minimum Gasteiger partial charge on any atom is -0.507 e.